The Morgan fingerprint density at radius 2 is 1.52 bits per heavy atom. The minimum atomic E-state index is -2.37. The predicted octanol–water partition coefficient (Wildman–Crippen LogP) is 1.73. The lowest BCUT2D eigenvalue weighted by Gasteiger charge is -2.48. The van der Waals surface area contributed by atoms with Gasteiger partial charge in [0.25, 0.3) is 0 Å². The molecule has 240 valence electrons. The smallest absolute Gasteiger partial charge is 0.350 e. The summed E-state index contributed by atoms with van der Waals surface area (Å²) < 4.78 is 29.5. The van der Waals surface area contributed by atoms with E-state index >= 15 is 0 Å². The van der Waals surface area contributed by atoms with E-state index in [9.17, 15) is 34.2 Å². The molecule has 4 aliphatic heterocycles. The van der Waals surface area contributed by atoms with Crippen LogP contribution in [0.15, 0.2) is 54.6 Å². The maximum absolute atomic E-state index is 13.9. The third-order valence-electron chi connectivity index (χ3n) is 11.6. The van der Waals surface area contributed by atoms with Crippen LogP contribution in [0.2, 0.25) is 0 Å². The topological polar surface area (TPSA) is 172 Å². The summed E-state index contributed by atoms with van der Waals surface area (Å²) in [6, 6.07) is 14.4. The summed E-state index contributed by atoms with van der Waals surface area (Å²) in [7, 11) is 0. The van der Waals surface area contributed by atoms with Crippen LogP contribution in [0.25, 0.3) is 0 Å². The highest BCUT2D eigenvalue weighted by Gasteiger charge is 3.04. The zero-order valence-electron chi connectivity index (χ0n) is 25.4. The van der Waals surface area contributed by atoms with E-state index in [2.05, 4.69) is 0 Å². The van der Waals surface area contributed by atoms with Gasteiger partial charge in [-0.3, -0.25) is 9.59 Å². The molecular weight excluding hydrogens is 600 g/mol. The highest BCUT2D eigenvalue weighted by Crippen LogP contribution is 2.84. The van der Waals surface area contributed by atoms with Crippen molar-refractivity contribution in [1.82, 2.24) is 0 Å². The molecule has 2 aromatic carbocycles. The first-order chi connectivity index (χ1) is 21.7. The third kappa shape index (κ3) is 2.91. The highest BCUT2D eigenvalue weighted by atomic mass is 16.8. The molecule has 4 saturated heterocycles. The lowest BCUT2D eigenvalue weighted by Crippen LogP contribution is -2.67. The Morgan fingerprint density at radius 3 is 2.17 bits per heavy atom. The number of hydrogen-bond acceptors (Lipinski definition) is 12. The van der Waals surface area contributed by atoms with Crippen LogP contribution >= 0.6 is 0 Å². The van der Waals surface area contributed by atoms with Crippen LogP contribution < -0.4 is 0 Å². The molecule has 0 amide bonds. The van der Waals surface area contributed by atoms with Crippen molar-refractivity contribution in [2.45, 2.75) is 76.0 Å². The van der Waals surface area contributed by atoms with E-state index in [-0.39, 0.29) is 17.8 Å². The summed E-state index contributed by atoms with van der Waals surface area (Å²) in [5.41, 5.74) is -8.19. The van der Waals surface area contributed by atoms with E-state index in [1.807, 2.05) is 20.8 Å². The average Bonchev–Trinajstić information content (AvgIpc) is 3.75. The number of esters is 4. The van der Waals surface area contributed by atoms with Crippen molar-refractivity contribution in [2.24, 2.45) is 28.1 Å². The van der Waals surface area contributed by atoms with Crippen molar-refractivity contribution in [3.8, 4) is 0 Å². The van der Waals surface area contributed by atoms with Crippen molar-refractivity contribution in [3.05, 3.63) is 71.3 Å². The van der Waals surface area contributed by atoms with Gasteiger partial charge in [0.1, 0.15) is 12.2 Å². The van der Waals surface area contributed by atoms with Gasteiger partial charge in [-0.15, -0.1) is 0 Å². The molecule has 4 heterocycles. The van der Waals surface area contributed by atoms with Crippen LogP contribution in [0.1, 0.15) is 60.4 Å². The molecule has 2 saturated carbocycles. The molecule has 5 unspecified atom stereocenters. The zero-order valence-corrected chi connectivity index (χ0v) is 25.4. The van der Waals surface area contributed by atoms with E-state index in [0.29, 0.717) is 11.1 Å². The maximum Gasteiger partial charge on any atom is 0.350 e. The second-order valence-corrected chi connectivity index (χ2v) is 14.3. The second-order valence-electron chi connectivity index (χ2n) is 14.3. The molecule has 0 radical (unpaired) electrons. The molecule has 2 N–H and O–H groups in total. The minimum absolute atomic E-state index is 0.0329. The predicted molar refractivity (Wildman–Crippen MR) is 152 cm³/mol. The van der Waals surface area contributed by atoms with Gasteiger partial charge >= 0.3 is 23.9 Å². The summed E-state index contributed by atoms with van der Waals surface area (Å²) in [6.07, 6.45) is -7.54. The van der Waals surface area contributed by atoms with E-state index in [1.54, 1.807) is 30.3 Å². The Hall–Kier alpha value is -4.13. The van der Waals surface area contributed by atoms with Crippen LogP contribution in [0.4, 0.5) is 0 Å². The van der Waals surface area contributed by atoms with Gasteiger partial charge in [0.05, 0.1) is 22.3 Å². The molecule has 12 heteroatoms. The zero-order chi connectivity index (χ0) is 32.8. The molecule has 46 heavy (non-hydrogen) atoms. The van der Waals surface area contributed by atoms with Crippen molar-refractivity contribution >= 4 is 29.7 Å². The molecule has 11 atom stereocenters. The monoisotopic (exact) mass is 632 g/mol. The number of benzene rings is 2. The Morgan fingerprint density at radius 1 is 0.891 bits per heavy atom. The molecule has 2 spiro atoms. The van der Waals surface area contributed by atoms with Gasteiger partial charge in [-0.1, -0.05) is 63.2 Å². The first-order valence-corrected chi connectivity index (χ1v) is 15.3. The average molecular weight is 633 g/mol. The minimum Gasteiger partial charge on any atom is -0.459 e. The first kappa shape index (κ1) is 29.3. The number of ketones is 1. The Balaban J connectivity index is 1.23. The summed E-state index contributed by atoms with van der Waals surface area (Å²) in [5, 5.41) is 24.5. The van der Waals surface area contributed by atoms with Gasteiger partial charge in [0.2, 0.25) is 18.0 Å². The number of carbonyl (C=O) groups excluding carboxylic acids is 5. The summed E-state index contributed by atoms with van der Waals surface area (Å²) >= 11 is 0. The Kier molecular flexibility index (Phi) is 5.61. The fraction of sp³-hybridized carbons (Fsp3) is 0.500. The number of hydrogen-bond donors (Lipinski definition) is 2. The lowest BCUT2D eigenvalue weighted by atomic mass is 9.51. The van der Waals surface area contributed by atoms with Gasteiger partial charge in [-0.25, -0.2) is 14.4 Å². The van der Waals surface area contributed by atoms with E-state index < -0.39 is 93.9 Å². The van der Waals surface area contributed by atoms with Crippen molar-refractivity contribution in [2.75, 3.05) is 0 Å². The lowest BCUT2D eigenvalue weighted by molar-refractivity contribution is -0.239. The van der Waals surface area contributed by atoms with Crippen LogP contribution in [0.5, 0.6) is 0 Å². The molecule has 12 nitrogen and oxygen atoms in total. The number of ether oxygens (including phenoxy) is 5. The van der Waals surface area contributed by atoms with E-state index in [1.165, 1.54) is 31.2 Å². The maximum atomic E-state index is 13.9. The van der Waals surface area contributed by atoms with Crippen LogP contribution in [0, 0.1) is 28.1 Å². The van der Waals surface area contributed by atoms with E-state index in [4.69, 9.17) is 23.7 Å². The molecule has 2 aromatic rings. The molecular formula is C34H32O12. The molecule has 6 fully saturated rings. The molecule has 0 aromatic heterocycles. The normalized spacial score (nSPS) is 42.9. The van der Waals surface area contributed by atoms with Gasteiger partial charge < -0.3 is 33.9 Å². The standard InChI is InChI=1S/C34H32O12/c1-15-25(37)43-23-22(36)32-20-14-19(30(2,3)4)31(32)24(27(39)45-29(31)46-34(32,28(40)42-20)33(15,23)41)44-26(38)18-12-10-17(11-13-18)21(35)16-8-6-5-7-9-16/h5-13,15,19-20,22-24,29,36,41H,14H2,1-4H3/t15-,19+,20?,22+,23?,24+,29?,31?,32?,33-,34-/m1/s1. The quantitative estimate of drug-likeness (QED) is 0.285. The van der Waals surface area contributed by atoms with Crippen LogP contribution in [-0.4, -0.2) is 81.8 Å². The summed E-state index contributed by atoms with van der Waals surface area (Å²) in [6.45, 7) is 7.06. The number of aliphatic hydroxyl groups is 2. The van der Waals surface area contributed by atoms with Crippen LogP contribution in [-0.2, 0) is 38.1 Å². The molecule has 8 rings (SSSR count). The summed E-state index contributed by atoms with van der Waals surface area (Å²) in [5.74, 6) is -5.89. The van der Waals surface area contributed by atoms with Crippen LogP contribution in [0.3, 0.4) is 0 Å². The fourth-order valence-corrected chi connectivity index (χ4v) is 9.93. The molecule has 6 aliphatic rings. The molecule has 2 aliphatic carbocycles. The Labute approximate surface area is 262 Å². The molecule has 0 bridgehead atoms. The number of aliphatic hydroxyl groups excluding tert-OH is 1. The number of rotatable bonds is 4. The van der Waals surface area contributed by atoms with Crippen molar-refractivity contribution in [1.29, 1.82) is 0 Å². The largest absolute Gasteiger partial charge is 0.459 e. The van der Waals surface area contributed by atoms with Gasteiger partial charge in [0.15, 0.2) is 17.5 Å². The fourth-order valence-electron chi connectivity index (χ4n) is 9.93. The summed E-state index contributed by atoms with van der Waals surface area (Å²) in [4.78, 5) is 67.1. The van der Waals surface area contributed by atoms with Gasteiger partial charge in [0, 0.05) is 11.1 Å². The second kappa shape index (κ2) is 8.81. The SMILES string of the molecule is C[C@@H]1C(=O)OC2[C@H](O)C34C5C[C@@H](C(C)(C)C)C36C(OC(=O)[C@@H]6OC(=O)c3ccc(C(=O)c6ccccc6)cc3)O[C@@]4(C(=O)O5)[C@]21O. The highest BCUT2D eigenvalue weighted by molar-refractivity contribution is 6.09. The van der Waals surface area contributed by atoms with Gasteiger partial charge in [-0.05, 0) is 36.8 Å². The number of fused-ring (bicyclic) bond motifs is 1. The first-order valence-electron chi connectivity index (χ1n) is 15.3. The number of carbonyl (C=O) groups is 5. The van der Waals surface area contributed by atoms with Crippen molar-refractivity contribution in [3.63, 3.8) is 0 Å². The van der Waals surface area contributed by atoms with E-state index in [0.717, 1.165) is 0 Å². The third-order valence-corrected chi connectivity index (χ3v) is 11.6. The Bertz CT molecular complexity index is 1730. The van der Waals surface area contributed by atoms with Gasteiger partial charge in [-0.2, -0.15) is 0 Å². The van der Waals surface area contributed by atoms with Crippen molar-refractivity contribution < 1.29 is 57.9 Å².